The van der Waals surface area contributed by atoms with E-state index in [1.165, 1.54) is 12.2 Å². The molecule has 38 heavy (non-hydrogen) atoms. The summed E-state index contributed by atoms with van der Waals surface area (Å²) >= 11 is 0. The molecule has 4 aromatic rings. The number of esters is 2. The average molecular weight is 503 g/mol. The van der Waals surface area contributed by atoms with Gasteiger partial charge >= 0.3 is 11.9 Å². The lowest BCUT2D eigenvalue weighted by Crippen LogP contribution is -2.22. The molecule has 0 aromatic heterocycles. The Labute approximate surface area is 223 Å². The lowest BCUT2D eigenvalue weighted by atomic mass is 9.74. The van der Waals surface area contributed by atoms with E-state index in [9.17, 15) is 9.59 Å². The highest BCUT2D eigenvalue weighted by Gasteiger charge is 2.27. The standard InChI is InChI=1S/C34H30O4/c1-3-34(2,28-16-20-30(21-17-28)37-32(35)24-14-26-10-6-4-7-11-26)29-18-22-31(23-19-29)38-33(36)25-15-27-12-8-5-9-13-27/h4-25H,3H2,1-2H3/b24-14+,25-15+. The highest BCUT2D eigenvalue weighted by Crippen LogP contribution is 2.36. The van der Waals surface area contributed by atoms with Crippen molar-refractivity contribution in [1.82, 2.24) is 0 Å². The van der Waals surface area contributed by atoms with Crippen molar-refractivity contribution in [3.8, 4) is 11.5 Å². The van der Waals surface area contributed by atoms with E-state index in [-0.39, 0.29) is 5.41 Å². The third-order valence-electron chi connectivity index (χ3n) is 6.55. The van der Waals surface area contributed by atoms with Crippen LogP contribution in [0.25, 0.3) is 12.2 Å². The Bertz CT molecular complexity index is 1290. The van der Waals surface area contributed by atoms with E-state index in [1.54, 1.807) is 12.2 Å². The molecule has 0 amide bonds. The molecule has 4 nitrogen and oxygen atoms in total. The van der Waals surface area contributed by atoms with Gasteiger partial charge in [0.25, 0.3) is 0 Å². The molecule has 0 aliphatic carbocycles. The van der Waals surface area contributed by atoms with E-state index in [4.69, 9.17) is 9.47 Å². The Morgan fingerprint density at radius 1 is 0.605 bits per heavy atom. The Balaban J connectivity index is 1.39. The smallest absolute Gasteiger partial charge is 0.336 e. The van der Waals surface area contributed by atoms with E-state index in [2.05, 4.69) is 13.8 Å². The highest BCUT2D eigenvalue weighted by atomic mass is 16.5. The molecule has 0 aliphatic heterocycles. The van der Waals surface area contributed by atoms with Gasteiger partial charge in [-0.2, -0.15) is 0 Å². The molecule has 0 unspecified atom stereocenters. The van der Waals surface area contributed by atoms with Gasteiger partial charge < -0.3 is 9.47 Å². The number of benzene rings is 4. The zero-order valence-electron chi connectivity index (χ0n) is 21.5. The van der Waals surface area contributed by atoms with Crippen molar-refractivity contribution in [2.45, 2.75) is 25.7 Å². The van der Waals surface area contributed by atoms with Crippen LogP contribution >= 0.6 is 0 Å². The molecule has 0 aliphatic rings. The molecule has 4 aromatic carbocycles. The SMILES string of the molecule is CCC(C)(c1ccc(OC(=O)/C=C/c2ccccc2)cc1)c1ccc(OC(=O)/C=C/c2ccccc2)cc1. The lowest BCUT2D eigenvalue weighted by Gasteiger charge is -2.30. The maximum absolute atomic E-state index is 12.2. The molecule has 0 atom stereocenters. The van der Waals surface area contributed by atoms with Gasteiger partial charge in [0.2, 0.25) is 0 Å². The monoisotopic (exact) mass is 502 g/mol. The first-order valence-corrected chi connectivity index (χ1v) is 12.6. The van der Waals surface area contributed by atoms with Crippen LogP contribution in [-0.2, 0) is 15.0 Å². The second-order valence-electron chi connectivity index (χ2n) is 9.06. The van der Waals surface area contributed by atoms with Gasteiger partial charge in [-0.25, -0.2) is 9.59 Å². The normalized spacial score (nSPS) is 11.5. The van der Waals surface area contributed by atoms with Gasteiger partial charge in [0.05, 0.1) is 0 Å². The summed E-state index contributed by atoms with van der Waals surface area (Å²) in [6, 6.07) is 34.4. The van der Waals surface area contributed by atoms with E-state index >= 15 is 0 Å². The first-order valence-electron chi connectivity index (χ1n) is 12.6. The summed E-state index contributed by atoms with van der Waals surface area (Å²) < 4.78 is 10.9. The van der Waals surface area contributed by atoms with E-state index in [0.717, 1.165) is 28.7 Å². The summed E-state index contributed by atoms with van der Waals surface area (Å²) in [5, 5.41) is 0. The molecule has 0 heterocycles. The van der Waals surface area contributed by atoms with Crippen molar-refractivity contribution < 1.29 is 19.1 Å². The molecule has 0 N–H and O–H groups in total. The summed E-state index contributed by atoms with van der Waals surface area (Å²) in [6.45, 7) is 4.30. The third-order valence-corrected chi connectivity index (χ3v) is 6.55. The molecule has 4 rings (SSSR count). The van der Waals surface area contributed by atoms with Crippen LogP contribution in [0.15, 0.2) is 121 Å². The molecule has 0 saturated heterocycles. The van der Waals surface area contributed by atoms with Gasteiger partial charge in [0.15, 0.2) is 0 Å². The quantitative estimate of drug-likeness (QED) is 0.134. The minimum absolute atomic E-state index is 0.272. The van der Waals surface area contributed by atoms with Gasteiger partial charge in [-0.05, 0) is 65.1 Å². The fourth-order valence-corrected chi connectivity index (χ4v) is 4.11. The maximum atomic E-state index is 12.2. The predicted octanol–water partition coefficient (Wildman–Crippen LogP) is 7.64. The third kappa shape index (κ3) is 6.95. The predicted molar refractivity (Wildman–Crippen MR) is 152 cm³/mol. The summed E-state index contributed by atoms with van der Waals surface area (Å²) in [5.41, 5.74) is 3.78. The molecule has 0 spiro atoms. The van der Waals surface area contributed by atoms with E-state index < -0.39 is 11.9 Å². The lowest BCUT2D eigenvalue weighted by molar-refractivity contribution is -0.129. The average Bonchev–Trinajstić information content (AvgIpc) is 2.96. The molecule has 0 saturated carbocycles. The van der Waals surface area contributed by atoms with Gasteiger partial charge in [0, 0.05) is 17.6 Å². The van der Waals surface area contributed by atoms with Crippen molar-refractivity contribution in [3.63, 3.8) is 0 Å². The van der Waals surface area contributed by atoms with Gasteiger partial charge in [-0.15, -0.1) is 0 Å². The van der Waals surface area contributed by atoms with Gasteiger partial charge in [0.1, 0.15) is 11.5 Å². The topological polar surface area (TPSA) is 52.6 Å². The van der Waals surface area contributed by atoms with Crippen LogP contribution in [0.5, 0.6) is 11.5 Å². The second-order valence-corrected chi connectivity index (χ2v) is 9.06. The summed E-state index contributed by atoms with van der Waals surface area (Å²) in [4.78, 5) is 24.4. The van der Waals surface area contributed by atoms with Crippen LogP contribution in [0, 0.1) is 0 Å². The molecular formula is C34H30O4. The van der Waals surface area contributed by atoms with Crippen LogP contribution in [0.3, 0.4) is 0 Å². The van der Waals surface area contributed by atoms with Crippen molar-refractivity contribution in [1.29, 1.82) is 0 Å². The van der Waals surface area contributed by atoms with Gasteiger partial charge in [-0.1, -0.05) is 98.8 Å². The zero-order valence-corrected chi connectivity index (χ0v) is 21.5. The van der Waals surface area contributed by atoms with Crippen molar-refractivity contribution >= 4 is 24.1 Å². The van der Waals surface area contributed by atoms with Crippen molar-refractivity contribution in [2.75, 3.05) is 0 Å². The minimum atomic E-state index is -0.427. The van der Waals surface area contributed by atoms with Crippen LogP contribution < -0.4 is 9.47 Å². The Morgan fingerprint density at radius 3 is 1.32 bits per heavy atom. The van der Waals surface area contributed by atoms with Crippen LogP contribution in [0.4, 0.5) is 0 Å². The fraction of sp³-hybridized carbons (Fsp3) is 0.118. The molecular weight excluding hydrogens is 472 g/mol. The molecule has 190 valence electrons. The molecule has 4 heteroatoms. The number of carbonyl (C=O) groups excluding carboxylic acids is 2. The summed E-state index contributed by atoms with van der Waals surface area (Å²) in [7, 11) is 0. The number of hydrogen-bond donors (Lipinski definition) is 0. The van der Waals surface area contributed by atoms with E-state index in [0.29, 0.717) is 11.5 Å². The largest absolute Gasteiger partial charge is 0.423 e. The van der Waals surface area contributed by atoms with Crippen molar-refractivity contribution in [3.05, 3.63) is 144 Å². The number of carbonyl (C=O) groups is 2. The van der Waals surface area contributed by atoms with Crippen LogP contribution in [-0.4, -0.2) is 11.9 Å². The summed E-state index contributed by atoms with van der Waals surface area (Å²) in [5.74, 6) is 0.119. The number of hydrogen-bond acceptors (Lipinski definition) is 4. The van der Waals surface area contributed by atoms with Crippen LogP contribution in [0.2, 0.25) is 0 Å². The summed E-state index contributed by atoms with van der Waals surface area (Å²) in [6.07, 6.45) is 7.15. The number of ether oxygens (including phenoxy) is 2. The fourth-order valence-electron chi connectivity index (χ4n) is 4.11. The van der Waals surface area contributed by atoms with Crippen molar-refractivity contribution in [2.24, 2.45) is 0 Å². The Kier molecular flexibility index (Phi) is 8.68. The molecule has 0 fully saturated rings. The minimum Gasteiger partial charge on any atom is -0.423 e. The van der Waals surface area contributed by atoms with Gasteiger partial charge in [-0.3, -0.25) is 0 Å². The second kappa shape index (κ2) is 12.5. The van der Waals surface area contributed by atoms with E-state index in [1.807, 2.05) is 109 Å². The zero-order chi connectivity index (χ0) is 26.8. The first kappa shape index (κ1) is 26.4. The maximum Gasteiger partial charge on any atom is 0.336 e. The Hall–Kier alpha value is -4.70. The molecule has 0 bridgehead atoms. The molecule has 0 radical (unpaired) electrons. The highest BCUT2D eigenvalue weighted by molar-refractivity contribution is 5.89. The van der Waals surface area contributed by atoms with Crippen LogP contribution in [0.1, 0.15) is 42.5 Å². The Morgan fingerprint density at radius 2 is 0.974 bits per heavy atom. The first-order chi connectivity index (χ1) is 18.5. The number of rotatable bonds is 9.